The number of aryl methyl sites for hydroxylation is 2. The average molecular weight is 254 g/mol. The first kappa shape index (κ1) is 13.7. The number of phenols is 1. The minimum atomic E-state index is 0.325. The van der Waals surface area contributed by atoms with Gasteiger partial charge in [-0.1, -0.05) is 45.0 Å². The Balaban J connectivity index is 2.67. The molecule has 1 N–H and O–H groups in total. The van der Waals surface area contributed by atoms with Crippen LogP contribution >= 0.6 is 0 Å². The van der Waals surface area contributed by atoms with E-state index < -0.39 is 0 Å². The number of aromatic hydroxyl groups is 1. The van der Waals surface area contributed by atoms with Crippen molar-refractivity contribution in [2.75, 3.05) is 0 Å². The molecule has 0 bridgehead atoms. The van der Waals surface area contributed by atoms with Crippen LogP contribution in [0.1, 0.15) is 37.5 Å². The highest BCUT2D eigenvalue weighted by Crippen LogP contribution is 2.32. The summed E-state index contributed by atoms with van der Waals surface area (Å²) >= 11 is 0. The van der Waals surface area contributed by atoms with Gasteiger partial charge in [0.05, 0.1) is 0 Å². The zero-order valence-corrected chi connectivity index (χ0v) is 12.0. The van der Waals surface area contributed by atoms with E-state index in [4.69, 9.17) is 0 Å². The SMILES string of the molecule is CCc1ccc(CC)c(-c2ccc(O)cc2)c1CC. The Morgan fingerprint density at radius 3 is 1.84 bits per heavy atom. The lowest BCUT2D eigenvalue weighted by molar-refractivity contribution is 0.475. The third-order valence-corrected chi connectivity index (χ3v) is 3.77. The van der Waals surface area contributed by atoms with E-state index >= 15 is 0 Å². The van der Waals surface area contributed by atoms with Crippen molar-refractivity contribution in [2.45, 2.75) is 40.0 Å². The molecule has 0 amide bonds. The Morgan fingerprint density at radius 1 is 0.737 bits per heavy atom. The third kappa shape index (κ3) is 2.65. The number of rotatable bonds is 4. The van der Waals surface area contributed by atoms with Crippen LogP contribution in [-0.2, 0) is 19.3 Å². The summed E-state index contributed by atoms with van der Waals surface area (Å²) in [5.74, 6) is 0.325. The van der Waals surface area contributed by atoms with E-state index in [2.05, 4.69) is 32.9 Å². The number of hydrogen-bond acceptors (Lipinski definition) is 1. The van der Waals surface area contributed by atoms with Crippen molar-refractivity contribution in [3.8, 4) is 16.9 Å². The van der Waals surface area contributed by atoms with E-state index in [0.29, 0.717) is 5.75 Å². The molecule has 1 nitrogen and oxygen atoms in total. The molecule has 100 valence electrons. The Labute approximate surface area is 115 Å². The summed E-state index contributed by atoms with van der Waals surface area (Å²) in [5, 5.41) is 9.46. The average Bonchev–Trinajstić information content (AvgIpc) is 2.46. The molecule has 2 rings (SSSR count). The lowest BCUT2D eigenvalue weighted by atomic mass is 9.88. The second-order valence-electron chi connectivity index (χ2n) is 4.84. The third-order valence-electron chi connectivity index (χ3n) is 3.77. The number of phenolic OH excluding ortho intramolecular Hbond substituents is 1. The van der Waals surface area contributed by atoms with E-state index in [1.807, 2.05) is 12.1 Å². The molecule has 0 spiro atoms. The fraction of sp³-hybridized carbons (Fsp3) is 0.333. The van der Waals surface area contributed by atoms with Gasteiger partial charge in [0.2, 0.25) is 0 Å². The van der Waals surface area contributed by atoms with Crippen LogP contribution in [0.3, 0.4) is 0 Å². The lowest BCUT2D eigenvalue weighted by Crippen LogP contribution is -1.99. The highest BCUT2D eigenvalue weighted by Gasteiger charge is 2.12. The summed E-state index contributed by atoms with van der Waals surface area (Å²) < 4.78 is 0. The van der Waals surface area contributed by atoms with E-state index in [1.165, 1.54) is 27.8 Å². The first-order chi connectivity index (χ1) is 9.21. The molecule has 1 heteroatoms. The van der Waals surface area contributed by atoms with Gasteiger partial charge in [0.1, 0.15) is 5.75 Å². The first-order valence-corrected chi connectivity index (χ1v) is 7.14. The van der Waals surface area contributed by atoms with Crippen LogP contribution in [0.5, 0.6) is 5.75 Å². The van der Waals surface area contributed by atoms with Crippen molar-refractivity contribution in [3.05, 3.63) is 53.1 Å². The maximum atomic E-state index is 9.46. The van der Waals surface area contributed by atoms with Crippen LogP contribution in [0.4, 0.5) is 0 Å². The predicted molar refractivity (Wildman–Crippen MR) is 81.7 cm³/mol. The molecule has 0 saturated carbocycles. The molecule has 0 aliphatic rings. The summed E-state index contributed by atoms with van der Waals surface area (Å²) in [6.07, 6.45) is 3.15. The normalized spacial score (nSPS) is 10.7. The van der Waals surface area contributed by atoms with Gasteiger partial charge in [0.25, 0.3) is 0 Å². The maximum absolute atomic E-state index is 9.46. The van der Waals surface area contributed by atoms with Crippen LogP contribution in [0.15, 0.2) is 36.4 Å². The van der Waals surface area contributed by atoms with Crippen LogP contribution in [0.25, 0.3) is 11.1 Å². The van der Waals surface area contributed by atoms with E-state index in [0.717, 1.165) is 19.3 Å². The molecule has 0 saturated heterocycles. The molecule has 0 unspecified atom stereocenters. The zero-order chi connectivity index (χ0) is 13.8. The Kier molecular flexibility index (Phi) is 4.26. The molecule has 0 atom stereocenters. The van der Waals surface area contributed by atoms with Crippen LogP contribution in [0, 0.1) is 0 Å². The minimum Gasteiger partial charge on any atom is -0.508 e. The quantitative estimate of drug-likeness (QED) is 0.835. The van der Waals surface area contributed by atoms with Crippen LogP contribution in [0.2, 0.25) is 0 Å². The van der Waals surface area contributed by atoms with Crippen molar-refractivity contribution in [1.82, 2.24) is 0 Å². The van der Waals surface area contributed by atoms with Crippen LogP contribution < -0.4 is 0 Å². The van der Waals surface area contributed by atoms with E-state index in [1.54, 1.807) is 12.1 Å². The van der Waals surface area contributed by atoms with Crippen molar-refractivity contribution >= 4 is 0 Å². The predicted octanol–water partition coefficient (Wildman–Crippen LogP) is 4.75. The molecule has 0 aromatic heterocycles. The molecule has 0 aliphatic carbocycles. The van der Waals surface area contributed by atoms with Gasteiger partial charge in [-0.2, -0.15) is 0 Å². The fourth-order valence-corrected chi connectivity index (χ4v) is 2.76. The van der Waals surface area contributed by atoms with Crippen molar-refractivity contribution in [2.24, 2.45) is 0 Å². The molecule has 0 heterocycles. The molecule has 0 aliphatic heterocycles. The van der Waals surface area contributed by atoms with Gasteiger partial charge in [-0.3, -0.25) is 0 Å². The second-order valence-corrected chi connectivity index (χ2v) is 4.84. The van der Waals surface area contributed by atoms with Crippen LogP contribution in [-0.4, -0.2) is 5.11 Å². The number of benzene rings is 2. The molecule has 19 heavy (non-hydrogen) atoms. The van der Waals surface area contributed by atoms with Crippen molar-refractivity contribution in [1.29, 1.82) is 0 Å². The van der Waals surface area contributed by atoms with E-state index in [9.17, 15) is 5.11 Å². The highest BCUT2D eigenvalue weighted by molar-refractivity contribution is 5.73. The maximum Gasteiger partial charge on any atom is 0.115 e. The minimum absolute atomic E-state index is 0.325. The van der Waals surface area contributed by atoms with Gasteiger partial charge < -0.3 is 5.11 Å². The van der Waals surface area contributed by atoms with E-state index in [-0.39, 0.29) is 0 Å². The van der Waals surface area contributed by atoms with Gasteiger partial charge in [-0.05, 0) is 59.2 Å². The largest absolute Gasteiger partial charge is 0.508 e. The monoisotopic (exact) mass is 254 g/mol. The number of hydrogen-bond donors (Lipinski definition) is 1. The standard InChI is InChI=1S/C18H22O/c1-4-13-7-8-14(5-2)18(17(13)6-3)15-9-11-16(19)12-10-15/h7-12,19H,4-6H2,1-3H3. The fourth-order valence-electron chi connectivity index (χ4n) is 2.76. The Bertz CT molecular complexity index is 553. The Hall–Kier alpha value is -1.76. The molecular weight excluding hydrogens is 232 g/mol. The van der Waals surface area contributed by atoms with Gasteiger partial charge >= 0.3 is 0 Å². The molecular formula is C18H22O. The molecule has 2 aromatic rings. The zero-order valence-electron chi connectivity index (χ0n) is 12.0. The highest BCUT2D eigenvalue weighted by atomic mass is 16.3. The van der Waals surface area contributed by atoms with Crippen molar-refractivity contribution in [3.63, 3.8) is 0 Å². The van der Waals surface area contributed by atoms with Gasteiger partial charge in [-0.15, -0.1) is 0 Å². The lowest BCUT2D eigenvalue weighted by Gasteiger charge is -2.17. The summed E-state index contributed by atoms with van der Waals surface area (Å²) in [7, 11) is 0. The van der Waals surface area contributed by atoms with Gasteiger partial charge in [0, 0.05) is 0 Å². The summed E-state index contributed by atoms with van der Waals surface area (Å²) in [6, 6.07) is 12.1. The molecule has 2 aromatic carbocycles. The molecule has 0 fully saturated rings. The van der Waals surface area contributed by atoms with Crippen molar-refractivity contribution < 1.29 is 5.11 Å². The first-order valence-electron chi connectivity index (χ1n) is 7.14. The Morgan fingerprint density at radius 2 is 1.32 bits per heavy atom. The summed E-state index contributed by atoms with van der Waals surface area (Å²) in [5.41, 5.74) is 6.85. The van der Waals surface area contributed by atoms with Gasteiger partial charge in [-0.25, -0.2) is 0 Å². The summed E-state index contributed by atoms with van der Waals surface area (Å²) in [4.78, 5) is 0. The molecule has 0 radical (unpaired) electrons. The smallest absolute Gasteiger partial charge is 0.115 e. The van der Waals surface area contributed by atoms with Gasteiger partial charge in [0.15, 0.2) is 0 Å². The topological polar surface area (TPSA) is 20.2 Å². The summed E-state index contributed by atoms with van der Waals surface area (Å²) in [6.45, 7) is 6.63. The second kappa shape index (κ2) is 5.92.